The Morgan fingerprint density at radius 2 is 2.00 bits per heavy atom. The number of hydrogen-bond acceptors (Lipinski definition) is 3. The lowest BCUT2D eigenvalue weighted by Gasteiger charge is -2.35. The van der Waals surface area contributed by atoms with E-state index in [1.807, 2.05) is 11.8 Å². The van der Waals surface area contributed by atoms with Crippen LogP contribution in [0.5, 0.6) is 0 Å². The second kappa shape index (κ2) is 9.67. The molecule has 3 nitrogen and oxygen atoms in total. The summed E-state index contributed by atoms with van der Waals surface area (Å²) in [7, 11) is 0. The molecule has 0 aromatic rings. The van der Waals surface area contributed by atoms with Gasteiger partial charge in [0.2, 0.25) is 5.91 Å². The van der Waals surface area contributed by atoms with Gasteiger partial charge in [0.05, 0.1) is 0 Å². The van der Waals surface area contributed by atoms with Crippen molar-refractivity contribution in [1.29, 1.82) is 0 Å². The summed E-state index contributed by atoms with van der Waals surface area (Å²) in [4.78, 5) is 12.0. The molecule has 0 aromatic carbocycles. The van der Waals surface area contributed by atoms with Crippen molar-refractivity contribution in [2.24, 2.45) is 11.7 Å². The standard InChI is InChI=1S/C16H32N2OS/c1-3-14(9-12-17)7-8-15(19)18-13-16(20-2)10-5-4-6-11-16/h14H,3-13,17H2,1-2H3,(H,18,19). The van der Waals surface area contributed by atoms with Crippen LogP contribution in [0.4, 0.5) is 0 Å². The lowest BCUT2D eigenvalue weighted by molar-refractivity contribution is -0.121. The van der Waals surface area contributed by atoms with E-state index >= 15 is 0 Å². The van der Waals surface area contributed by atoms with Crippen LogP contribution < -0.4 is 11.1 Å². The average Bonchev–Trinajstić information content (AvgIpc) is 2.50. The quantitative estimate of drug-likeness (QED) is 0.687. The minimum atomic E-state index is 0.222. The van der Waals surface area contributed by atoms with Crippen molar-refractivity contribution in [3.8, 4) is 0 Å². The maximum atomic E-state index is 12.0. The van der Waals surface area contributed by atoms with Crippen LogP contribution in [-0.2, 0) is 4.79 Å². The van der Waals surface area contributed by atoms with Crippen LogP contribution in [0, 0.1) is 5.92 Å². The van der Waals surface area contributed by atoms with E-state index in [4.69, 9.17) is 5.73 Å². The number of nitrogens with two attached hydrogens (primary N) is 1. The van der Waals surface area contributed by atoms with E-state index in [0.717, 1.165) is 32.4 Å². The summed E-state index contributed by atoms with van der Waals surface area (Å²) in [6, 6.07) is 0. The van der Waals surface area contributed by atoms with Crippen LogP contribution >= 0.6 is 11.8 Å². The highest BCUT2D eigenvalue weighted by molar-refractivity contribution is 8.00. The summed E-state index contributed by atoms with van der Waals surface area (Å²) in [6.07, 6.45) is 12.5. The number of hydrogen-bond donors (Lipinski definition) is 2. The SMILES string of the molecule is CCC(CCN)CCC(=O)NCC1(SC)CCCCC1. The molecule has 0 bridgehead atoms. The van der Waals surface area contributed by atoms with Crippen molar-refractivity contribution >= 4 is 17.7 Å². The monoisotopic (exact) mass is 300 g/mol. The molecule has 1 aliphatic rings. The minimum absolute atomic E-state index is 0.222. The summed E-state index contributed by atoms with van der Waals surface area (Å²) in [5, 5.41) is 3.17. The number of nitrogens with one attached hydrogen (secondary N) is 1. The van der Waals surface area contributed by atoms with E-state index in [0.29, 0.717) is 17.1 Å². The fraction of sp³-hybridized carbons (Fsp3) is 0.938. The topological polar surface area (TPSA) is 55.1 Å². The molecule has 0 spiro atoms. The third-order valence-corrected chi connectivity index (χ3v) is 6.16. The summed E-state index contributed by atoms with van der Waals surface area (Å²) < 4.78 is 0.301. The minimum Gasteiger partial charge on any atom is -0.355 e. The maximum absolute atomic E-state index is 12.0. The normalized spacial score (nSPS) is 19.6. The molecule has 20 heavy (non-hydrogen) atoms. The van der Waals surface area contributed by atoms with Crippen LogP contribution in [0.25, 0.3) is 0 Å². The van der Waals surface area contributed by atoms with Gasteiger partial charge < -0.3 is 11.1 Å². The van der Waals surface area contributed by atoms with E-state index in [9.17, 15) is 4.79 Å². The fourth-order valence-corrected chi connectivity index (χ4v) is 4.03. The van der Waals surface area contributed by atoms with Gasteiger partial charge in [0, 0.05) is 17.7 Å². The van der Waals surface area contributed by atoms with Gasteiger partial charge in [-0.15, -0.1) is 0 Å². The van der Waals surface area contributed by atoms with Crippen LogP contribution in [0.2, 0.25) is 0 Å². The zero-order chi connectivity index (χ0) is 14.8. The predicted molar refractivity (Wildman–Crippen MR) is 89.0 cm³/mol. The lowest BCUT2D eigenvalue weighted by atomic mass is 9.88. The first-order valence-corrected chi connectivity index (χ1v) is 9.40. The molecule has 0 heterocycles. The van der Waals surface area contributed by atoms with Gasteiger partial charge in [-0.1, -0.05) is 32.6 Å². The molecule has 0 radical (unpaired) electrons. The number of carbonyl (C=O) groups is 1. The van der Waals surface area contributed by atoms with Gasteiger partial charge in [-0.05, 0) is 44.4 Å². The molecule has 1 amide bonds. The highest BCUT2D eigenvalue weighted by atomic mass is 32.2. The molecular formula is C16H32N2OS. The first-order chi connectivity index (χ1) is 9.65. The van der Waals surface area contributed by atoms with Crippen molar-refractivity contribution in [1.82, 2.24) is 5.32 Å². The molecule has 0 saturated heterocycles. The Morgan fingerprint density at radius 3 is 2.55 bits per heavy atom. The Labute approximate surface area is 128 Å². The predicted octanol–water partition coefficient (Wildman–Crippen LogP) is 3.32. The van der Waals surface area contributed by atoms with Crippen molar-refractivity contribution < 1.29 is 4.79 Å². The average molecular weight is 301 g/mol. The highest BCUT2D eigenvalue weighted by Gasteiger charge is 2.31. The Bertz CT molecular complexity index is 278. The Hall–Kier alpha value is -0.220. The van der Waals surface area contributed by atoms with E-state index < -0.39 is 0 Å². The second-order valence-electron chi connectivity index (χ2n) is 6.11. The maximum Gasteiger partial charge on any atom is 0.220 e. The molecule has 0 aliphatic heterocycles. The smallest absolute Gasteiger partial charge is 0.220 e. The van der Waals surface area contributed by atoms with Gasteiger partial charge in [0.25, 0.3) is 0 Å². The summed E-state index contributed by atoms with van der Waals surface area (Å²) in [5.41, 5.74) is 5.60. The molecule has 1 atom stereocenters. The fourth-order valence-electron chi connectivity index (χ4n) is 3.12. The van der Waals surface area contributed by atoms with Crippen molar-refractivity contribution in [2.45, 2.75) is 69.5 Å². The van der Waals surface area contributed by atoms with Crippen LogP contribution in [-0.4, -0.2) is 30.0 Å². The van der Waals surface area contributed by atoms with Crippen LogP contribution in [0.15, 0.2) is 0 Å². The first kappa shape index (κ1) is 17.8. The number of thioether (sulfide) groups is 1. The third kappa shape index (κ3) is 6.04. The first-order valence-electron chi connectivity index (χ1n) is 8.17. The van der Waals surface area contributed by atoms with Gasteiger partial charge >= 0.3 is 0 Å². The Morgan fingerprint density at radius 1 is 1.30 bits per heavy atom. The lowest BCUT2D eigenvalue weighted by Crippen LogP contribution is -2.41. The Balaban J connectivity index is 2.27. The molecule has 1 saturated carbocycles. The Kier molecular flexibility index (Phi) is 8.62. The molecule has 1 rings (SSSR count). The zero-order valence-electron chi connectivity index (χ0n) is 13.2. The summed E-state index contributed by atoms with van der Waals surface area (Å²) in [5.74, 6) is 0.828. The van der Waals surface area contributed by atoms with Gasteiger partial charge in [0.1, 0.15) is 0 Å². The summed E-state index contributed by atoms with van der Waals surface area (Å²) in [6.45, 7) is 3.76. The van der Waals surface area contributed by atoms with Crippen molar-refractivity contribution in [3.63, 3.8) is 0 Å². The molecular weight excluding hydrogens is 268 g/mol. The van der Waals surface area contributed by atoms with Crippen LogP contribution in [0.1, 0.15) is 64.7 Å². The van der Waals surface area contributed by atoms with Crippen molar-refractivity contribution in [3.05, 3.63) is 0 Å². The van der Waals surface area contributed by atoms with Crippen molar-refractivity contribution in [2.75, 3.05) is 19.3 Å². The number of amides is 1. The van der Waals surface area contributed by atoms with E-state index in [1.54, 1.807) is 0 Å². The number of rotatable bonds is 9. The molecule has 0 aromatic heterocycles. The molecule has 1 fully saturated rings. The highest BCUT2D eigenvalue weighted by Crippen LogP contribution is 2.37. The van der Waals surface area contributed by atoms with Gasteiger partial charge in [0.15, 0.2) is 0 Å². The third-order valence-electron chi connectivity index (χ3n) is 4.74. The van der Waals surface area contributed by atoms with Gasteiger partial charge in [-0.25, -0.2) is 0 Å². The van der Waals surface area contributed by atoms with Crippen LogP contribution in [0.3, 0.4) is 0 Å². The molecule has 1 unspecified atom stereocenters. The molecule has 118 valence electrons. The van der Waals surface area contributed by atoms with E-state index in [2.05, 4.69) is 18.5 Å². The largest absolute Gasteiger partial charge is 0.355 e. The van der Waals surface area contributed by atoms with E-state index in [-0.39, 0.29) is 5.91 Å². The van der Waals surface area contributed by atoms with E-state index in [1.165, 1.54) is 32.1 Å². The van der Waals surface area contributed by atoms with Gasteiger partial charge in [-0.3, -0.25) is 4.79 Å². The molecule has 1 aliphatic carbocycles. The summed E-state index contributed by atoms with van der Waals surface area (Å²) >= 11 is 1.94. The second-order valence-corrected chi connectivity index (χ2v) is 7.39. The zero-order valence-corrected chi connectivity index (χ0v) is 14.1. The van der Waals surface area contributed by atoms with Gasteiger partial charge in [-0.2, -0.15) is 11.8 Å². The molecule has 4 heteroatoms. The molecule has 3 N–H and O–H groups in total. The number of carbonyl (C=O) groups excluding carboxylic acids is 1.